The van der Waals surface area contributed by atoms with Gasteiger partial charge in [0.25, 0.3) is 5.91 Å². The summed E-state index contributed by atoms with van der Waals surface area (Å²) in [5.74, 6) is -0.893. The van der Waals surface area contributed by atoms with Gasteiger partial charge in [0, 0.05) is 23.8 Å². The monoisotopic (exact) mass is 370 g/mol. The Morgan fingerprint density at radius 2 is 2.00 bits per heavy atom. The number of aryl methyl sites for hydroxylation is 1. The van der Waals surface area contributed by atoms with E-state index in [4.69, 9.17) is 4.74 Å². The van der Waals surface area contributed by atoms with Gasteiger partial charge in [0.15, 0.2) is 18.2 Å². The van der Waals surface area contributed by atoms with Gasteiger partial charge in [0.1, 0.15) is 0 Å². The number of carbonyl (C=O) groups is 2. The second-order valence-electron chi connectivity index (χ2n) is 6.86. The molecule has 0 saturated carbocycles. The van der Waals surface area contributed by atoms with Crippen LogP contribution in [0.2, 0.25) is 0 Å². The number of para-hydroxylation sites is 1. The highest BCUT2D eigenvalue weighted by molar-refractivity contribution is 5.98. The van der Waals surface area contributed by atoms with Crippen LogP contribution in [-0.4, -0.2) is 25.0 Å². The molecule has 6 heteroatoms. The molecule has 1 aliphatic heterocycles. The molecule has 142 valence electrons. The largest absolute Gasteiger partial charge is 0.481 e. The van der Waals surface area contributed by atoms with Gasteiger partial charge in [-0.1, -0.05) is 32.0 Å². The topological polar surface area (TPSA) is 58.6 Å². The molecule has 0 fully saturated rings. The Bertz CT molecular complexity index is 851. The molecule has 0 aliphatic carbocycles. The minimum absolute atomic E-state index is 0.0341. The zero-order chi connectivity index (χ0) is 19.4. The molecule has 1 aliphatic rings. The van der Waals surface area contributed by atoms with Crippen LogP contribution in [0.5, 0.6) is 5.75 Å². The highest BCUT2D eigenvalue weighted by Crippen LogP contribution is 2.31. The quantitative estimate of drug-likeness (QED) is 0.871. The Balaban J connectivity index is 1.69. The van der Waals surface area contributed by atoms with E-state index in [9.17, 15) is 14.0 Å². The third kappa shape index (κ3) is 4.45. The number of hydrogen-bond acceptors (Lipinski definition) is 3. The van der Waals surface area contributed by atoms with Crippen LogP contribution in [0, 0.1) is 11.7 Å². The lowest BCUT2D eigenvalue weighted by Crippen LogP contribution is -2.38. The Labute approximate surface area is 158 Å². The number of nitrogens with one attached hydrogen (secondary N) is 1. The van der Waals surface area contributed by atoms with E-state index >= 15 is 0 Å². The highest BCUT2D eigenvalue weighted by atomic mass is 19.1. The van der Waals surface area contributed by atoms with E-state index in [0.717, 1.165) is 24.1 Å². The molecule has 0 unspecified atom stereocenters. The second kappa shape index (κ2) is 8.20. The van der Waals surface area contributed by atoms with E-state index in [1.807, 2.05) is 32.0 Å². The van der Waals surface area contributed by atoms with Gasteiger partial charge in [0.05, 0.1) is 0 Å². The fourth-order valence-corrected chi connectivity index (χ4v) is 3.10. The summed E-state index contributed by atoms with van der Waals surface area (Å²) in [6.45, 7) is 4.13. The lowest BCUT2D eigenvalue weighted by molar-refractivity contribution is -0.121. The van der Waals surface area contributed by atoms with Gasteiger partial charge >= 0.3 is 0 Å². The first kappa shape index (κ1) is 18.9. The SMILES string of the molecule is CC(C)C(=O)N1CCCc2ccc(NC(=O)COc3ccccc3F)cc21. The van der Waals surface area contributed by atoms with Gasteiger partial charge in [-0.3, -0.25) is 9.59 Å². The van der Waals surface area contributed by atoms with E-state index in [0.29, 0.717) is 12.2 Å². The summed E-state index contributed by atoms with van der Waals surface area (Å²) < 4.78 is 18.8. The summed E-state index contributed by atoms with van der Waals surface area (Å²) in [5.41, 5.74) is 2.52. The van der Waals surface area contributed by atoms with Crippen LogP contribution in [0.25, 0.3) is 0 Å². The summed E-state index contributed by atoms with van der Waals surface area (Å²) in [6.07, 6.45) is 1.83. The van der Waals surface area contributed by atoms with Crippen LogP contribution in [0.4, 0.5) is 15.8 Å². The van der Waals surface area contributed by atoms with E-state index in [2.05, 4.69) is 5.32 Å². The molecule has 2 aromatic rings. The predicted octanol–water partition coefficient (Wildman–Crippen LogP) is 3.78. The first-order valence-corrected chi connectivity index (χ1v) is 9.07. The van der Waals surface area contributed by atoms with Gasteiger partial charge in [-0.2, -0.15) is 0 Å². The van der Waals surface area contributed by atoms with Crippen LogP contribution in [0.15, 0.2) is 42.5 Å². The molecule has 0 bridgehead atoms. The number of halogens is 1. The molecule has 1 heterocycles. The Kier molecular flexibility index (Phi) is 5.74. The maximum Gasteiger partial charge on any atom is 0.262 e. The van der Waals surface area contributed by atoms with Crippen molar-refractivity contribution in [2.75, 3.05) is 23.4 Å². The molecule has 0 aromatic heterocycles. The van der Waals surface area contributed by atoms with Crippen molar-refractivity contribution in [3.05, 3.63) is 53.8 Å². The molecule has 0 saturated heterocycles. The van der Waals surface area contributed by atoms with Crippen LogP contribution < -0.4 is 15.0 Å². The molecule has 0 spiro atoms. The van der Waals surface area contributed by atoms with Crippen molar-refractivity contribution in [3.8, 4) is 5.75 Å². The van der Waals surface area contributed by atoms with Crippen molar-refractivity contribution < 1.29 is 18.7 Å². The van der Waals surface area contributed by atoms with Crippen LogP contribution in [0.1, 0.15) is 25.8 Å². The number of nitrogens with zero attached hydrogens (tertiary/aromatic N) is 1. The zero-order valence-corrected chi connectivity index (χ0v) is 15.5. The third-order valence-corrected chi connectivity index (χ3v) is 4.44. The van der Waals surface area contributed by atoms with Gasteiger partial charge in [-0.15, -0.1) is 0 Å². The maximum absolute atomic E-state index is 13.5. The van der Waals surface area contributed by atoms with Gasteiger partial charge in [-0.25, -0.2) is 4.39 Å². The summed E-state index contributed by atoms with van der Waals surface area (Å²) in [6, 6.07) is 11.5. The summed E-state index contributed by atoms with van der Waals surface area (Å²) in [7, 11) is 0. The van der Waals surface area contributed by atoms with Crippen molar-refractivity contribution in [3.63, 3.8) is 0 Å². The van der Waals surface area contributed by atoms with Gasteiger partial charge in [-0.05, 0) is 42.7 Å². The standard InChI is InChI=1S/C21H23FN2O3/c1-14(2)21(26)24-11-5-6-15-9-10-16(12-18(15)24)23-20(25)13-27-19-8-4-3-7-17(19)22/h3-4,7-10,12,14H,5-6,11,13H2,1-2H3,(H,23,25). The van der Waals surface area contributed by atoms with Gasteiger partial charge in [0.2, 0.25) is 5.91 Å². The van der Waals surface area contributed by atoms with E-state index in [1.54, 1.807) is 17.0 Å². The molecule has 1 N–H and O–H groups in total. The number of anilines is 2. The van der Waals surface area contributed by atoms with E-state index in [-0.39, 0.29) is 24.2 Å². The number of ether oxygens (including phenoxy) is 1. The molecular formula is C21H23FN2O3. The number of carbonyl (C=O) groups excluding carboxylic acids is 2. The van der Waals surface area contributed by atoms with Crippen molar-refractivity contribution in [1.29, 1.82) is 0 Å². The minimum Gasteiger partial charge on any atom is -0.481 e. The van der Waals surface area contributed by atoms with Crippen molar-refractivity contribution in [2.45, 2.75) is 26.7 Å². The predicted molar refractivity (Wildman–Crippen MR) is 102 cm³/mol. The average molecular weight is 370 g/mol. The van der Waals surface area contributed by atoms with Gasteiger partial charge < -0.3 is 15.0 Å². The summed E-state index contributed by atoms with van der Waals surface area (Å²) in [5, 5.41) is 2.75. The molecule has 2 amide bonds. The second-order valence-corrected chi connectivity index (χ2v) is 6.86. The first-order valence-electron chi connectivity index (χ1n) is 9.07. The molecule has 2 aromatic carbocycles. The number of rotatable bonds is 5. The smallest absolute Gasteiger partial charge is 0.262 e. The zero-order valence-electron chi connectivity index (χ0n) is 15.5. The molecule has 5 nitrogen and oxygen atoms in total. The molecule has 3 rings (SSSR count). The maximum atomic E-state index is 13.5. The minimum atomic E-state index is -0.512. The van der Waals surface area contributed by atoms with Crippen LogP contribution >= 0.6 is 0 Å². The summed E-state index contributed by atoms with van der Waals surface area (Å²) >= 11 is 0. The normalized spacial score (nSPS) is 13.3. The van der Waals surface area contributed by atoms with Crippen LogP contribution in [0.3, 0.4) is 0 Å². The fraction of sp³-hybridized carbons (Fsp3) is 0.333. The lowest BCUT2D eigenvalue weighted by atomic mass is 9.99. The van der Waals surface area contributed by atoms with Crippen molar-refractivity contribution in [1.82, 2.24) is 0 Å². The van der Waals surface area contributed by atoms with E-state index in [1.165, 1.54) is 12.1 Å². The number of benzene rings is 2. The molecule has 27 heavy (non-hydrogen) atoms. The Morgan fingerprint density at radius 3 is 2.74 bits per heavy atom. The lowest BCUT2D eigenvalue weighted by Gasteiger charge is -2.31. The fourth-order valence-electron chi connectivity index (χ4n) is 3.10. The molecule has 0 radical (unpaired) electrons. The Morgan fingerprint density at radius 1 is 1.22 bits per heavy atom. The average Bonchev–Trinajstić information content (AvgIpc) is 2.66. The van der Waals surface area contributed by atoms with Crippen LogP contribution in [-0.2, 0) is 16.0 Å². The van der Waals surface area contributed by atoms with Crippen molar-refractivity contribution >= 4 is 23.2 Å². The number of hydrogen-bond donors (Lipinski definition) is 1. The first-order chi connectivity index (χ1) is 13.0. The van der Waals surface area contributed by atoms with Crippen molar-refractivity contribution in [2.24, 2.45) is 5.92 Å². The molecule has 0 atom stereocenters. The third-order valence-electron chi connectivity index (χ3n) is 4.44. The Hall–Kier alpha value is -2.89. The van der Waals surface area contributed by atoms with E-state index < -0.39 is 11.7 Å². The number of amides is 2. The summed E-state index contributed by atoms with van der Waals surface area (Å²) in [4.78, 5) is 26.4. The number of fused-ring (bicyclic) bond motifs is 1. The highest BCUT2D eigenvalue weighted by Gasteiger charge is 2.24. The molecular weight excluding hydrogens is 347 g/mol.